The monoisotopic (exact) mass is 439 g/mol. The minimum Gasteiger partial charge on any atom is -0.486 e. The predicted molar refractivity (Wildman–Crippen MR) is 119 cm³/mol. The Morgan fingerprint density at radius 3 is 3.00 bits per heavy atom. The highest BCUT2D eigenvalue weighted by Crippen LogP contribution is 2.35. The Morgan fingerprint density at radius 2 is 2.13 bits per heavy atom. The molecule has 1 unspecified atom stereocenters. The molecule has 31 heavy (non-hydrogen) atoms. The third-order valence-corrected chi connectivity index (χ3v) is 7.10. The minimum absolute atomic E-state index is 0.0239. The van der Waals surface area contributed by atoms with Crippen molar-refractivity contribution in [2.45, 2.75) is 39.2 Å². The Bertz CT molecular complexity index is 1200. The smallest absolute Gasteiger partial charge is 0.262 e. The summed E-state index contributed by atoms with van der Waals surface area (Å²) in [5, 5.41) is 3.61. The normalized spacial score (nSPS) is 17.4. The van der Waals surface area contributed by atoms with Crippen molar-refractivity contribution in [1.29, 1.82) is 0 Å². The number of carbonyl (C=O) groups excluding carboxylic acids is 1. The highest BCUT2D eigenvalue weighted by molar-refractivity contribution is 7.18. The Kier molecular flexibility index (Phi) is 5.40. The SMILES string of the molecule is CC1CCc2c(sc3ncn(CC(=O)NCCc4ccc5c(c4)OCCO5)c(=O)c23)C1. The van der Waals surface area contributed by atoms with Crippen molar-refractivity contribution in [3.63, 3.8) is 0 Å². The van der Waals surface area contributed by atoms with Gasteiger partial charge in [0.1, 0.15) is 24.6 Å². The van der Waals surface area contributed by atoms with E-state index in [1.54, 1.807) is 11.3 Å². The summed E-state index contributed by atoms with van der Waals surface area (Å²) in [5.74, 6) is 1.95. The number of ether oxygens (including phenoxy) is 2. The second-order valence-corrected chi connectivity index (χ2v) is 9.37. The summed E-state index contributed by atoms with van der Waals surface area (Å²) in [6.07, 6.45) is 5.18. The molecule has 2 aliphatic rings. The first kappa shape index (κ1) is 20.1. The number of aromatic nitrogens is 2. The summed E-state index contributed by atoms with van der Waals surface area (Å²) in [5.41, 5.74) is 2.09. The van der Waals surface area contributed by atoms with Crippen LogP contribution < -0.4 is 20.3 Å². The van der Waals surface area contributed by atoms with Crippen LogP contribution in [0.25, 0.3) is 10.2 Å². The van der Waals surface area contributed by atoms with Crippen molar-refractivity contribution in [3.05, 3.63) is 50.9 Å². The summed E-state index contributed by atoms with van der Waals surface area (Å²) in [7, 11) is 0. The van der Waals surface area contributed by atoms with Gasteiger partial charge in [0.05, 0.1) is 11.7 Å². The predicted octanol–water partition coefficient (Wildman–Crippen LogP) is 2.71. The molecule has 7 nitrogen and oxygen atoms in total. The number of thiophene rings is 1. The van der Waals surface area contributed by atoms with Crippen molar-refractivity contribution >= 4 is 27.5 Å². The molecule has 0 saturated carbocycles. The quantitative estimate of drug-likeness (QED) is 0.661. The molecule has 8 heteroatoms. The van der Waals surface area contributed by atoms with Crippen LogP contribution in [0.1, 0.15) is 29.3 Å². The highest BCUT2D eigenvalue weighted by Gasteiger charge is 2.23. The van der Waals surface area contributed by atoms with Crippen LogP contribution in [-0.4, -0.2) is 35.2 Å². The number of nitrogens with zero attached hydrogens (tertiary/aromatic N) is 2. The van der Waals surface area contributed by atoms with Gasteiger partial charge in [0.25, 0.3) is 5.56 Å². The van der Waals surface area contributed by atoms with Gasteiger partial charge in [-0.1, -0.05) is 13.0 Å². The fourth-order valence-electron chi connectivity index (χ4n) is 4.28. The molecule has 0 spiro atoms. The zero-order valence-electron chi connectivity index (χ0n) is 17.5. The van der Waals surface area contributed by atoms with Crippen LogP contribution in [0.3, 0.4) is 0 Å². The highest BCUT2D eigenvalue weighted by atomic mass is 32.1. The number of amides is 1. The summed E-state index contributed by atoms with van der Waals surface area (Å²) in [4.78, 5) is 32.0. The zero-order valence-corrected chi connectivity index (χ0v) is 18.3. The summed E-state index contributed by atoms with van der Waals surface area (Å²) in [6.45, 7) is 3.81. The maximum atomic E-state index is 13.0. The number of hydrogen-bond donors (Lipinski definition) is 1. The fraction of sp³-hybridized carbons (Fsp3) is 0.435. The van der Waals surface area contributed by atoms with E-state index in [9.17, 15) is 9.59 Å². The molecule has 3 aromatic rings. The van der Waals surface area contributed by atoms with E-state index in [1.807, 2.05) is 18.2 Å². The number of rotatable bonds is 5. The fourth-order valence-corrected chi connectivity index (χ4v) is 5.62. The molecule has 1 atom stereocenters. The lowest BCUT2D eigenvalue weighted by Crippen LogP contribution is -2.33. The molecule has 0 radical (unpaired) electrons. The Morgan fingerprint density at radius 1 is 1.29 bits per heavy atom. The molecule has 1 N–H and O–H groups in total. The molecule has 1 aliphatic carbocycles. The van der Waals surface area contributed by atoms with E-state index >= 15 is 0 Å². The Labute approximate surface area is 184 Å². The Balaban J connectivity index is 1.23. The minimum atomic E-state index is -0.196. The molecule has 162 valence electrons. The van der Waals surface area contributed by atoms with Gasteiger partial charge in [-0.2, -0.15) is 0 Å². The third-order valence-electron chi connectivity index (χ3n) is 5.94. The van der Waals surface area contributed by atoms with Crippen LogP contribution in [0.4, 0.5) is 0 Å². The van der Waals surface area contributed by atoms with Gasteiger partial charge < -0.3 is 14.8 Å². The average molecular weight is 440 g/mol. The van der Waals surface area contributed by atoms with Gasteiger partial charge in [0.15, 0.2) is 11.5 Å². The van der Waals surface area contributed by atoms with Crippen molar-refractivity contribution in [1.82, 2.24) is 14.9 Å². The van der Waals surface area contributed by atoms with E-state index in [4.69, 9.17) is 9.47 Å². The van der Waals surface area contributed by atoms with Gasteiger partial charge in [-0.25, -0.2) is 4.98 Å². The summed E-state index contributed by atoms with van der Waals surface area (Å²) < 4.78 is 12.6. The average Bonchev–Trinajstić information content (AvgIpc) is 3.14. The molecule has 5 rings (SSSR count). The van der Waals surface area contributed by atoms with E-state index in [0.717, 1.165) is 46.7 Å². The van der Waals surface area contributed by atoms with Gasteiger partial charge in [-0.05, 0) is 54.9 Å². The molecule has 1 amide bonds. The first-order valence-electron chi connectivity index (χ1n) is 10.7. The van der Waals surface area contributed by atoms with Crippen LogP contribution in [0.5, 0.6) is 11.5 Å². The van der Waals surface area contributed by atoms with Gasteiger partial charge >= 0.3 is 0 Å². The van der Waals surface area contributed by atoms with Crippen LogP contribution in [-0.2, 0) is 30.6 Å². The van der Waals surface area contributed by atoms with E-state index in [0.29, 0.717) is 37.5 Å². The molecule has 1 aliphatic heterocycles. The number of hydrogen-bond acceptors (Lipinski definition) is 6. The van der Waals surface area contributed by atoms with Crippen molar-refractivity contribution in [3.8, 4) is 11.5 Å². The van der Waals surface area contributed by atoms with Crippen LogP contribution in [0.2, 0.25) is 0 Å². The molecule has 0 bridgehead atoms. The molecule has 3 heterocycles. The summed E-state index contributed by atoms with van der Waals surface area (Å²) in [6, 6.07) is 5.82. The lowest BCUT2D eigenvalue weighted by Gasteiger charge is -2.18. The lowest BCUT2D eigenvalue weighted by atomic mass is 9.89. The van der Waals surface area contributed by atoms with Crippen LogP contribution in [0.15, 0.2) is 29.3 Å². The number of aryl methyl sites for hydroxylation is 1. The molecular weight excluding hydrogens is 414 g/mol. The number of fused-ring (bicyclic) bond motifs is 4. The van der Waals surface area contributed by atoms with Crippen LogP contribution in [0, 0.1) is 5.92 Å². The third kappa shape index (κ3) is 4.04. The Hall–Kier alpha value is -2.87. The molecule has 2 aromatic heterocycles. The maximum Gasteiger partial charge on any atom is 0.262 e. The summed E-state index contributed by atoms with van der Waals surface area (Å²) >= 11 is 1.62. The van der Waals surface area contributed by atoms with Gasteiger partial charge in [0.2, 0.25) is 5.91 Å². The second kappa shape index (κ2) is 8.34. The largest absolute Gasteiger partial charge is 0.486 e. The first-order chi connectivity index (χ1) is 15.1. The first-order valence-corrected chi connectivity index (χ1v) is 11.5. The number of benzene rings is 1. The lowest BCUT2D eigenvalue weighted by molar-refractivity contribution is -0.121. The van der Waals surface area contributed by atoms with Crippen molar-refractivity contribution < 1.29 is 14.3 Å². The van der Waals surface area contributed by atoms with Gasteiger partial charge in [-0.3, -0.25) is 14.2 Å². The van der Waals surface area contributed by atoms with Crippen molar-refractivity contribution in [2.24, 2.45) is 5.92 Å². The van der Waals surface area contributed by atoms with Crippen LogP contribution >= 0.6 is 11.3 Å². The number of nitrogens with one attached hydrogen (secondary N) is 1. The zero-order chi connectivity index (χ0) is 21.4. The van der Waals surface area contributed by atoms with Gasteiger partial charge in [-0.15, -0.1) is 11.3 Å². The standard InChI is InChI=1S/C23H25N3O4S/c1-14-2-4-16-19(10-14)31-22-21(16)23(28)26(13-25-22)12-20(27)24-7-6-15-3-5-17-18(11-15)30-9-8-29-17/h3,5,11,13-14H,2,4,6-10,12H2,1H3,(H,24,27). The molecular formula is C23H25N3O4S. The van der Waals surface area contributed by atoms with E-state index in [2.05, 4.69) is 17.2 Å². The van der Waals surface area contributed by atoms with Crippen molar-refractivity contribution in [2.75, 3.05) is 19.8 Å². The van der Waals surface area contributed by atoms with E-state index in [1.165, 1.54) is 15.8 Å². The molecule has 0 fully saturated rings. The molecule has 1 aromatic carbocycles. The van der Waals surface area contributed by atoms with Gasteiger partial charge in [0, 0.05) is 11.4 Å². The van der Waals surface area contributed by atoms with E-state index in [-0.39, 0.29) is 18.0 Å². The van der Waals surface area contributed by atoms with E-state index < -0.39 is 0 Å². The molecule has 0 saturated heterocycles. The maximum absolute atomic E-state index is 13.0. The number of carbonyl (C=O) groups is 1. The second-order valence-electron chi connectivity index (χ2n) is 8.29. The topological polar surface area (TPSA) is 82.5 Å².